The van der Waals surface area contributed by atoms with Crippen molar-refractivity contribution in [1.82, 2.24) is 15.2 Å². The van der Waals surface area contributed by atoms with E-state index in [-0.39, 0.29) is 5.82 Å². The van der Waals surface area contributed by atoms with E-state index >= 15 is 0 Å². The zero-order valence-electron chi connectivity index (χ0n) is 5.94. The monoisotopic (exact) mass is 181 g/mol. The fourth-order valence-electron chi connectivity index (χ4n) is 0.806. The van der Waals surface area contributed by atoms with Crippen LogP contribution in [0.15, 0.2) is 23.8 Å². The summed E-state index contributed by atoms with van der Waals surface area (Å²) >= 11 is 1.33. The molecule has 0 spiro atoms. The summed E-state index contributed by atoms with van der Waals surface area (Å²) in [6.07, 6.45) is 1.41. The van der Waals surface area contributed by atoms with Gasteiger partial charge < -0.3 is 0 Å². The molecule has 0 fully saturated rings. The average Bonchev–Trinajstić information content (AvgIpc) is 2.56. The third-order valence-corrected chi connectivity index (χ3v) is 2.01. The van der Waals surface area contributed by atoms with Crippen molar-refractivity contribution in [3.05, 3.63) is 29.7 Å². The summed E-state index contributed by atoms with van der Waals surface area (Å²) in [4.78, 5) is 3.95. The first-order chi connectivity index (χ1) is 5.86. The second-order valence-corrected chi connectivity index (χ2v) is 2.94. The zero-order valence-corrected chi connectivity index (χ0v) is 6.75. The number of pyridine rings is 1. The lowest BCUT2D eigenvalue weighted by Crippen LogP contribution is -1.83. The molecule has 0 aliphatic heterocycles. The molecule has 3 nitrogen and oxygen atoms in total. The highest BCUT2D eigenvalue weighted by atomic mass is 32.1. The highest BCUT2D eigenvalue weighted by molar-refractivity contribution is 7.12. The maximum Gasteiger partial charge on any atom is 0.166 e. The van der Waals surface area contributed by atoms with Crippen LogP contribution >= 0.6 is 11.3 Å². The first-order valence-electron chi connectivity index (χ1n) is 3.24. The topological polar surface area (TPSA) is 38.7 Å². The van der Waals surface area contributed by atoms with Gasteiger partial charge in [-0.25, -0.2) is 4.39 Å². The van der Waals surface area contributed by atoms with Crippen LogP contribution in [0.4, 0.5) is 4.39 Å². The molecule has 2 rings (SSSR count). The van der Waals surface area contributed by atoms with Gasteiger partial charge in [0.15, 0.2) is 5.01 Å². The van der Waals surface area contributed by atoms with Gasteiger partial charge in [-0.05, 0) is 6.07 Å². The molecule has 2 aromatic rings. The molecule has 0 unspecified atom stereocenters. The van der Waals surface area contributed by atoms with Gasteiger partial charge in [-0.3, -0.25) is 4.98 Å². The highest BCUT2D eigenvalue weighted by Gasteiger charge is 2.02. The van der Waals surface area contributed by atoms with Crippen molar-refractivity contribution < 1.29 is 4.39 Å². The summed E-state index contributed by atoms with van der Waals surface area (Å²) < 4.78 is 12.7. The van der Waals surface area contributed by atoms with E-state index in [1.807, 2.05) is 0 Å². The Balaban J connectivity index is 2.48. The lowest BCUT2D eigenvalue weighted by atomic mass is 10.3. The van der Waals surface area contributed by atoms with Crippen LogP contribution in [0.5, 0.6) is 0 Å². The molecule has 2 aromatic heterocycles. The quantitative estimate of drug-likeness (QED) is 0.672. The number of halogens is 1. The number of nitrogens with zero attached hydrogens (tertiary/aromatic N) is 3. The maximum absolute atomic E-state index is 12.7. The molecule has 2 heterocycles. The smallest absolute Gasteiger partial charge is 0.166 e. The standard InChI is InChI=1S/C7H4FN3S/c8-5-1-2-9-6(3-5)7-11-10-4-12-7/h1-4H. The average molecular weight is 181 g/mol. The van der Waals surface area contributed by atoms with Gasteiger partial charge in [0.2, 0.25) is 0 Å². The lowest BCUT2D eigenvalue weighted by Gasteiger charge is -1.92. The van der Waals surface area contributed by atoms with Gasteiger partial charge >= 0.3 is 0 Å². The van der Waals surface area contributed by atoms with E-state index in [0.717, 1.165) is 0 Å². The Bertz CT molecular complexity index is 374. The Morgan fingerprint density at radius 1 is 1.42 bits per heavy atom. The van der Waals surface area contributed by atoms with Crippen LogP contribution in [0.1, 0.15) is 0 Å². The minimum atomic E-state index is -0.310. The number of hydrogen-bond donors (Lipinski definition) is 0. The van der Waals surface area contributed by atoms with Crippen LogP contribution in [-0.2, 0) is 0 Å². The highest BCUT2D eigenvalue weighted by Crippen LogP contribution is 2.17. The van der Waals surface area contributed by atoms with Gasteiger partial charge in [-0.1, -0.05) is 11.3 Å². The van der Waals surface area contributed by atoms with Crippen LogP contribution < -0.4 is 0 Å². The molecule has 5 heteroatoms. The molecule has 0 saturated carbocycles. The van der Waals surface area contributed by atoms with E-state index in [0.29, 0.717) is 10.7 Å². The van der Waals surface area contributed by atoms with Crippen LogP contribution in [-0.4, -0.2) is 15.2 Å². The van der Waals surface area contributed by atoms with Crippen molar-refractivity contribution in [3.8, 4) is 10.7 Å². The minimum absolute atomic E-state index is 0.310. The predicted molar refractivity (Wildman–Crippen MR) is 43.1 cm³/mol. The maximum atomic E-state index is 12.7. The van der Waals surface area contributed by atoms with E-state index in [9.17, 15) is 4.39 Å². The van der Waals surface area contributed by atoms with Crippen LogP contribution in [0.2, 0.25) is 0 Å². The fraction of sp³-hybridized carbons (Fsp3) is 0. The lowest BCUT2D eigenvalue weighted by molar-refractivity contribution is 0.626. The van der Waals surface area contributed by atoms with E-state index in [2.05, 4.69) is 15.2 Å². The summed E-state index contributed by atoms with van der Waals surface area (Å²) in [7, 11) is 0. The predicted octanol–water partition coefficient (Wildman–Crippen LogP) is 1.74. The summed E-state index contributed by atoms with van der Waals surface area (Å²) in [6, 6.07) is 2.63. The number of rotatable bonds is 1. The number of hydrogen-bond acceptors (Lipinski definition) is 4. The molecule has 0 saturated heterocycles. The van der Waals surface area contributed by atoms with Gasteiger partial charge in [0, 0.05) is 12.3 Å². The number of aromatic nitrogens is 3. The molecule has 0 atom stereocenters. The van der Waals surface area contributed by atoms with Gasteiger partial charge in [0.1, 0.15) is 17.0 Å². The van der Waals surface area contributed by atoms with Crippen molar-refractivity contribution in [2.75, 3.05) is 0 Å². The first-order valence-corrected chi connectivity index (χ1v) is 4.12. The van der Waals surface area contributed by atoms with Gasteiger partial charge in [0.05, 0.1) is 0 Å². The van der Waals surface area contributed by atoms with Crippen molar-refractivity contribution in [3.63, 3.8) is 0 Å². The molecular weight excluding hydrogens is 177 g/mol. The zero-order chi connectivity index (χ0) is 8.39. The van der Waals surface area contributed by atoms with E-state index in [1.54, 1.807) is 5.51 Å². The Morgan fingerprint density at radius 3 is 3.00 bits per heavy atom. The van der Waals surface area contributed by atoms with Crippen LogP contribution in [0.25, 0.3) is 10.7 Å². The third kappa shape index (κ3) is 1.31. The Kier molecular flexibility index (Phi) is 1.79. The van der Waals surface area contributed by atoms with E-state index in [1.165, 1.54) is 29.7 Å². The van der Waals surface area contributed by atoms with Gasteiger partial charge in [0.25, 0.3) is 0 Å². The van der Waals surface area contributed by atoms with Crippen molar-refractivity contribution in [1.29, 1.82) is 0 Å². The van der Waals surface area contributed by atoms with Crippen LogP contribution in [0, 0.1) is 5.82 Å². The second-order valence-electron chi connectivity index (χ2n) is 2.10. The van der Waals surface area contributed by atoms with Crippen molar-refractivity contribution >= 4 is 11.3 Å². The summed E-state index contributed by atoms with van der Waals surface area (Å²) in [5.41, 5.74) is 2.11. The molecule has 0 bridgehead atoms. The van der Waals surface area contributed by atoms with E-state index in [4.69, 9.17) is 0 Å². The minimum Gasteiger partial charge on any atom is -0.253 e. The summed E-state index contributed by atoms with van der Waals surface area (Å²) in [6.45, 7) is 0. The summed E-state index contributed by atoms with van der Waals surface area (Å²) in [5, 5.41) is 8.04. The molecule has 0 aromatic carbocycles. The van der Waals surface area contributed by atoms with Gasteiger partial charge in [-0.15, -0.1) is 10.2 Å². The molecular formula is C7H4FN3S. The molecule has 0 N–H and O–H groups in total. The Labute approximate surface area is 71.9 Å². The van der Waals surface area contributed by atoms with Crippen LogP contribution in [0.3, 0.4) is 0 Å². The van der Waals surface area contributed by atoms with E-state index < -0.39 is 0 Å². The molecule has 12 heavy (non-hydrogen) atoms. The SMILES string of the molecule is Fc1ccnc(-c2nncs2)c1. The first kappa shape index (κ1) is 7.30. The molecule has 0 amide bonds. The largest absolute Gasteiger partial charge is 0.253 e. The van der Waals surface area contributed by atoms with Crippen molar-refractivity contribution in [2.24, 2.45) is 0 Å². The molecule has 0 radical (unpaired) electrons. The molecule has 60 valence electrons. The summed E-state index contributed by atoms with van der Waals surface area (Å²) in [5.74, 6) is -0.310. The van der Waals surface area contributed by atoms with Crippen molar-refractivity contribution in [2.45, 2.75) is 0 Å². The van der Waals surface area contributed by atoms with Gasteiger partial charge in [-0.2, -0.15) is 0 Å². The Morgan fingerprint density at radius 2 is 2.33 bits per heavy atom. The third-order valence-electron chi connectivity index (χ3n) is 1.30. The second kappa shape index (κ2) is 2.94. The fourth-order valence-corrected chi connectivity index (χ4v) is 1.33. The normalized spacial score (nSPS) is 10.1. The Hall–Kier alpha value is -1.36. The molecule has 0 aliphatic carbocycles. The molecule has 0 aliphatic rings.